The van der Waals surface area contributed by atoms with Gasteiger partial charge in [-0.05, 0) is 18.6 Å². The van der Waals surface area contributed by atoms with E-state index in [-0.39, 0.29) is 11.2 Å². The zero-order valence-electron chi connectivity index (χ0n) is 8.78. The Morgan fingerprint density at radius 2 is 1.94 bits per heavy atom. The van der Waals surface area contributed by atoms with E-state index in [4.69, 9.17) is 0 Å². The highest BCUT2D eigenvalue weighted by molar-refractivity contribution is 5.92. The van der Waals surface area contributed by atoms with Crippen LogP contribution in [-0.2, 0) is 0 Å². The minimum atomic E-state index is -4.84. The molecular weight excluding hydrogens is 235 g/mol. The smallest absolute Gasteiger partial charge is 0.312 e. The zero-order valence-corrected chi connectivity index (χ0v) is 8.78. The summed E-state index contributed by atoms with van der Waals surface area (Å²) in [5.74, 6) is 0. The number of halogens is 3. The lowest BCUT2D eigenvalue weighted by Crippen LogP contribution is -2.28. The second kappa shape index (κ2) is 3.80. The first kappa shape index (κ1) is 11.5. The third-order valence-electron chi connectivity index (χ3n) is 2.44. The van der Waals surface area contributed by atoms with E-state index in [1.54, 1.807) is 25.1 Å². The van der Waals surface area contributed by atoms with E-state index in [2.05, 4.69) is 4.84 Å². The van der Waals surface area contributed by atoms with Crippen molar-refractivity contribution in [3.63, 3.8) is 0 Å². The van der Waals surface area contributed by atoms with Crippen LogP contribution in [0.2, 0.25) is 0 Å². The summed E-state index contributed by atoms with van der Waals surface area (Å²) in [6.45, 7) is 1.57. The van der Waals surface area contributed by atoms with Crippen molar-refractivity contribution in [2.24, 2.45) is 0 Å². The topological polar surface area (TPSA) is 31.2 Å². The summed E-state index contributed by atoms with van der Waals surface area (Å²) in [5, 5.41) is 0.554. The molecule has 0 spiro atoms. The molecule has 0 radical (unpaired) electrons. The third-order valence-corrected chi connectivity index (χ3v) is 2.44. The molecule has 3 nitrogen and oxygen atoms in total. The Bertz CT molecular complexity index is 572. The van der Waals surface area contributed by atoms with Crippen LogP contribution >= 0.6 is 0 Å². The van der Waals surface area contributed by atoms with Crippen molar-refractivity contribution in [3.8, 4) is 0 Å². The Hall–Kier alpha value is -1.98. The number of fused-ring (bicyclic) bond motifs is 1. The summed E-state index contributed by atoms with van der Waals surface area (Å²) in [6, 6.07) is 6.35. The van der Waals surface area contributed by atoms with Gasteiger partial charge in [0.1, 0.15) is 5.69 Å². The predicted molar refractivity (Wildman–Crippen MR) is 54.7 cm³/mol. The van der Waals surface area contributed by atoms with Crippen molar-refractivity contribution in [3.05, 3.63) is 35.5 Å². The van der Waals surface area contributed by atoms with Crippen LogP contribution in [0.4, 0.5) is 13.2 Å². The maximum absolute atomic E-state index is 12.2. The number of aryl methyl sites for hydroxylation is 1. The van der Waals surface area contributed by atoms with E-state index in [0.717, 1.165) is 0 Å². The average molecular weight is 243 g/mol. The Morgan fingerprint density at radius 1 is 1.29 bits per heavy atom. The van der Waals surface area contributed by atoms with E-state index in [1.165, 1.54) is 6.07 Å². The molecule has 1 aromatic heterocycles. The lowest BCUT2D eigenvalue weighted by atomic mass is 10.2. The van der Waals surface area contributed by atoms with Gasteiger partial charge in [0, 0.05) is 5.39 Å². The van der Waals surface area contributed by atoms with Crippen molar-refractivity contribution in [1.82, 2.24) is 4.73 Å². The molecule has 0 saturated heterocycles. The lowest BCUT2D eigenvalue weighted by molar-refractivity contribution is -0.321. The molecule has 1 heterocycles. The fourth-order valence-corrected chi connectivity index (χ4v) is 1.73. The number of rotatable bonds is 2. The standard InChI is InChI=1S/C11H8F3NO2/c1-7-8-4-2-3-5-9(8)15(10(7)6-16)17-11(12,13)14/h2-6H,1H3. The van der Waals surface area contributed by atoms with Crippen LogP contribution in [0.15, 0.2) is 24.3 Å². The van der Waals surface area contributed by atoms with Crippen LogP contribution in [0.3, 0.4) is 0 Å². The molecule has 17 heavy (non-hydrogen) atoms. The first-order valence-electron chi connectivity index (χ1n) is 4.75. The molecule has 0 aliphatic rings. The van der Waals surface area contributed by atoms with Crippen LogP contribution in [-0.4, -0.2) is 17.4 Å². The minimum absolute atomic E-state index is 0.136. The van der Waals surface area contributed by atoms with Gasteiger partial charge in [-0.25, -0.2) is 0 Å². The van der Waals surface area contributed by atoms with Crippen LogP contribution in [0.5, 0.6) is 0 Å². The molecule has 0 saturated carbocycles. The SMILES string of the molecule is Cc1c(C=O)n(OC(F)(F)F)c2ccccc12. The van der Waals surface area contributed by atoms with Gasteiger partial charge in [0.05, 0.1) is 5.52 Å². The lowest BCUT2D eigenvalue weighted by Gasteiger charge is -2.11. The number of hydrogen-bond donors (Lipinski definition) is 0. The predicted octanol–water partition coefficient (Wildman–Crippen LogP) is 2.71. The Kier molecular flexibility index (Phi) is 2.57. The summed E-state index contributed by atoms with van der Waals surface area (Å²) < 4.78 is 37.2. The Morgan fingerprint density at radius 3 is 2.53 bits per heavy atom. The maximum atomic E-state index is 12.2. The molecule has 0 aliphatic carbocycles. The van der Waals surface area contributed by atoms with E-state index in [1.807, 2.05) is 0 Å². The number of alkyl halides is 3. The maximum Gasteiger partial charge on any atom is 0.591 e. The Labute approximate surface area is 94.4 Å². The van der Waals surface area contributed by atoms with Crippen LogP contribution in [0.1, 0.15) is 16.1 Å². The van der Waals surface area contributed by atoms with Crippen molar-refractivity contribution in [2.45, 2.75) is 13.3 Å². The second-order valence-corrected chi connectivity index (χ2v) is 3.48. The third kappa shape index (κ3) is 1.98. The van der Waals surface area contributed by atoms with Gasteiger partial charge in [-0.2, -0.15) is 4.73 Å². The first-order chi connectivity index (χ1) is 7.94. The second-order valence-electron chi connectivity index (χ2n) is 3.48. The van der Waals surface area contributed by atoms with Gasteiger partial charge in [-0.3, -0.25) is 4.79 Å². The molecule has 6 heteroatoms. The van der Waals surface area contributed by atoms with Crippen molar-refractivity contribution in [1.29, 1.82) is 0 Å². The average Bonchev–Trinajstić information content (AvgIpc) is 2.51. The van der Waals surface area contributed by atoms with E-state index in [9.17, 15) is 18.0 Å². The first-order valence-corrected chi connectivity index (χ1v) is 4.75. The zero-order chi connectivity index (χ0) is 12.6. The molecule has 0 aliphatic heterocycles. The van der Waals surface area contributed by atoms with Gasteiger partial charge < -0.3 is 4.84 Å². The molecule has 0 bridgehead atoms. The van der Waals surface area contributed by atoms with Crippen LogP contribution < -0.4 is 4.84 Å². The van der Waals surface area contributed by atoms with Crippen molar-refractivity contribution >= 4 is 17.2 Å². The largest absolute Gasteiger partial charge is 0.591 e. The summed E-state index contributed by atoms with van der Waals surface area (Å²) >= 11 is 0. The van der Waals surface area contributed by atoms with E-state index in [0.29, 0.717) is 22.0 Å². The summed E-state index contributed by atoms with van der Waals surface area (Å²) in [7, 11) is 0. The Balaban J connectivity index is 2.71. The number of benzene rings is 1. The van der Waals surface area contributed by atoms with Crippen LogP contribution in [0.25, 0.3) is 10.9 Å². The molecule has 1 aromatic carbocycles. The number of aromatic nitrogens is 1. The number of aldehydes is 1. The van der Waals surface area contributed by atoms with Gasteiger partial charge in [-0.15, -0.1) is 13.2 Å². The van der Waals surface area contributed by atoms with Crippen molar-refractivity contribution in [2.75, 3.05) is 0 Å². The summed E-state index contributed by atoms with van der Waals surface area (Å²) in [4.78, 5) is 14.7. The van der Waals surface area contributed by atoms with Gasteiger partial charge in [-0.1, -0.05) is 18.2 Å². The van der Waals surface area contributed by atoms with E-state index < -0.39 is 6.36 Å². The molecule has 0 fully saturated rings. The van der Waals surface area contributed by atoms with Gasteiger partial charge >= 0.3 is 6.36 Å². The number of carbonyl (C=O) groups excluding carboxylic acids is 1. The van der Waals surface area contributed by atoms with Gasteiger partial charge in [0.2, 0.25) is 0 Å². The number of carbonyl (C=O) groups is 1. The number of para-hydroxylation sites is 1. The minimum Gasteiger partial charge on any atom is -0.312 e. The molecule has 0 unspecified atom stereocenters. The quantitative estimate of drug-likeness (QED) is 0.759. The monoisotopic (exact) mass is 243 g/mol. The summed E-state index contributed by atoms with van der Waals surface area (Å²) in [5.41, 5.74) is 0.535. The van der Waals surface area contributed by atoms with Crippen LogP contribution in [0, 0.1) is 6.92 Å². The molecule has 90 valence electrons. The number of hydrogen-bond acceptors (Lipinski definition) is 2. The molecule has 0 N–H and O–H groups in total. The fraction of sp³-hybridized carbons (Fsp3) is 0.182. The normalized spacial score (nSPS) is 11.8. The fourth-order valence-electron chi connectivity index (χ4n) is 1.73. The molecule has 0 atom stereocenters. The highest BCUT2D eigenvalue weighted by atomic mass is 19.4. The highest BCUT2D eigenvalue weighted by Crippen LogP contribution is 2.25. The van der Waals surface area contributed by atoms with Crippen molar-refractivity contribution < 1.29 is 22.8 Å². The molecule has 2 aromatic rings. The summed E-state index contributed by atoms with van der Waals surface area (Å²) in [6.07, 6.45) is -4.49. The van der Waals surface area contributed by atoms with Gasteiger partial charge in [0.25, 0.3) is 0 Å². The van der Waals surface area contributed by atoms with Gasteiger partial charge in [0.15, 0.2) is 6.29 Å². The highest BCUT2D eigenvalue weighted by Gasteiger charge is 2.34. The number of nitrogens with zero attached hydrogens (tertiary/aromatic N) is 1. The molecule has 2 rings (SSSR count). The molecule has 0 amide bonds. The molecular formula is C11H8F3NO2. The van der Waals surface area contributed by atoms with E-state index >= 15 is 0 Å².